The van der Waals surface area contributed by atoms with Gasteiger partial charge in [0.05, 0.1) is 24.7 Å². The quantitative estimate of drug-likeness (QED) is 0.672. The second kappa shape index (κ2) is 8.32. The van der Waals surface area contributed by atoms with Crippen LogP contribution < -0.4 is 14.4 Å². The zero-order chi connectivity index (χ0) is 21.0. The minimum absolute atomic E-state index is 0.358. The number of carbonyl (C=O) groups is 1. The number of hydrogen-bond donors (Lipinski definition) is 1. The van der Waals surface area contributed by atoms with E-state index in [-0.39, 0.29) is 5.91 Å². The molecule has 0 aliphatic carbocycles. The molecule has 0 aliphatic rings. The number of anilines is 2. The molecule has 1 heterocycles. The van der Waals surface area contributed by atoms with E-state index in [4.69, 9.17) is 4.74 Å². The molecular formula is C21H21N3O4S. The van der Waals surface area contributed by atoms with E-state index in [1.807, 2.05) is 6.07 Å². The molecule has 3 rings (SSSR count). The Morgan fingerprint density at radius 1 is 1.07 bits per heavy atom. The lowest BCUT2D eigenvalue weighted by Crippen LogP contribution is -2.26. The largest absolute Gasteiger partial charge is 0.497 e. The first-order chi connectivity index (χ1) is 13.8. The molecule has 3 aromatic rings. The Morgan fingerprint density at radius 3 is 2.52 bits per heavy atom. The molecule has 0 spiro atoms. The van der Waals surface area contributed by atoms with E-state index in [2.05, 4.69) is 10.3 Å². The van der Waals surface area contributed by atoms with E-state index >= 15 is 0 Å². The zero-order valence-corrected chi connectivity index (χ0v) is 17.1. The number of benzene rings is 2. The van der Waals surface area contributed by atoms with Crippen molar-refractivity contribution in [2.24, 2.45) is 0 Å². The fourth-order valence-electron chi connectivity index (χ4n) is 2.76. The highest BCUT2D eigenvalue weighted by atomic mass is 32.2. The standard InChI is InChI=1S/C21H21N3O4S/c1-24(29(3,26)27)20-10-9-15(17-7-5-11-22-14-17)13-19(20)23-21(25)16-6-4-8-18(12-16)28-2/h4-14H,1-3H3,(H,23,25). The molecule has 0 saturated carbocycles. The van der Waals surface area contributed by atoms with E-state index in [1.54, 1.807) is 60.9 Å². The number of carbonyl (C=O) groups excluding carboxylic acids is 1. The van der Waals surface area contributed by atoms with Gasteiger partial charge in [-0.3, -0.25) is 14.1 Å². The summed E-state index contributed by atoms with van der Waals surface area (Å²) in [5, 5.41) is 2.82. The number of aromatic nitrogens is 1. The van der Waals surface area contributed by atoms with Crippen LogP contribution in [-0.4, -0.2) is 39.7 Å². The van der Waals surface area contributed by atoms with Gasteiger partial charge < -0.3 is 10.1 Å². The lowest BCUT2D eigenvalue weighted by molar-refractivity contribution is 0.102. The van der Waals surface area contributed by atoms with Crippen molar-refractivity contribution < 1.29 is 17.9 Å². The molecule has 0 saturated heterocycles. The molecule has 0 fully saturated rings. The SMILES string of the molecule is COc1cccc(C(=O)Nc2cc(-c3cccnc3)ccc2N(C)S(C)(=O)=O)c1. The minimum Gasteiger partial charge on any atom is -0.497 e. The smallest absolute Gasteiger partial charge is 0.255 e. The molecule has 29 heavy (non-hydrogen) atoms. The number of nitrogens with zero attached hydrogens (tertiary/aromatic N) is 2. The molecule has 0 unspecified atom stereocenters. The van der Waals surface area contributed by atoms with Gasteiger partial charge in [0.2, 0.25) is 10.0 Å². The maximum atomic E-state index is 12.8. The van der Waals surface area contributed by atoms with Gasteiger partial charge in [0, 0.05) is 30.6 Å². The third-order valence-electron chi connectivity index (χ3n) is 4.41. The summed E-state index contributed by atoms with van der Waals surface area (Å²) in [6.07, 6.45) is 4.47. The Hall–Kier alpha value is -3.39. The maximum Gasteiger partial charge on any atom is 0.255 e. The average molecular weight is 411 g/mol. The first kappa shape index (κ1) is 20.3. The number of nitrogens with one attached hydrogen (secondary N) is 1. The van der Waals surface area contributed by atoms with Gasteiger partial charge in [-0.1, -0.05) is 18.2 Å². The van der Waals surface area contributed by atoms with Gasteiger partial charge in [-0.15, -0.1) is 0 Å². The predicted octanol–water partition coefficient (Wildman–Crippen LogP) is 3.41. The van der Waals surface area contributed by atoms with Crippen molar-refractivity contribution in [1.29, 1.82) is 0 Å². The zero-order valence-electron chi connectivity index (χ0n) is 16.3. The van der Waals surface area contributed by atoms with Crippen molar-refractivity contribution in [3.05, 3.63) is 72.6 Å². The average Bonchev–Trinajstić information content (AvgIpc) is 2.73. The molecule has 1 N–H and O–H groups in total. The van der Waals surface area contributed by atoms with Crippen LogP contribution in [-0.2, 0) is 10.0 Å². The fourth-order valence-corrected chi connectivity index (χ4v) is 3.28. The monoisotopic (exact) mass is 411 g/mol. The van der Waals surface area contributed by atoms with Crippen LogP contribution in [0.2, 0.25) is 0 Å². The summed E-state index contributed by atoms with van der Waals surface area (Å²) in [4.78, 5) is 16.9. The van der Waals surface area contributed by atoms with E-state index in [9.17, 15) is 13.2 Å². The van der Waals surface area contributed by atoms with Crippen LogP contribution >= 0.6 is 0 Å². The third-order valence-corrected chi connectivity index (χ3v) is 5.60. The van der Waals surface area contributed by atoms with E-state index in [1.165, 1.54) is 14.2 Å². The Labute approximate surface area is 170 Å². The van der Waals surface area contributed by atoms with Crippen molar-refractivity contribution in [2.75, 3.05) is 30.0 Å². The van der Waals surface area contributed by atoms with E-state index in [0.717, 1.165) is 21.7 Å². The highest BCUT2D eigenvalue weighted by molar-refractivity contribution is 7.92. The molecule has 0 atom stereocenters. The van der Waals surface area contributed by atoms with E-state index in [0.29, 0.717) is 22.7 Å². The molecule has 2 aromatic carbocycles. The Morgan fingerprint density at radius 2 is 1.86 bits per heavy atom. The summed E-state index contributed by atoms with van der Waals surface area (Å²) >= 11 is 0. The molecule has 0 aliphatic heterocycles. The van der Waals surface area contributed by atoms with Crippen molar-refractivity contribution in [2.45, 2.75) is 0 Å². The van der Waals surface area contributed by atoms with Crippen LogP contribution in [0.1, 0.15) is 10.4 Å². The highest BCUT2D eigenvalue weighted by Crippen LogP contribution is 2.32. The highest BCUT2D eigenvalue weighted by Gasteiger charge is 2.19. The van der Waals surface area contributed by atoms with Crippen molar-refractivity contribution in [1.82, 2.24) is 4.98 Å². The first-order valence-corrected chi connectivity index (χ1v) is 10.6. The second-order valence-electron chi connectivity index (χ2n) is 6.39. The molecule has 1 amide bonds. The predicted molar refractivity (Wildman–Crippen MR) is 114 cm³/mol. The summed E-state index contributed by atoms with van der Waals surface area (Å²) < 4.78 is 30.4. The minimum atomic E-state index is -3.52. The number of hydrogen-bond acceptors (Lipinski definition) is 5. The Kier molecular flexibility index (Phi) is 5.84. The lowest BCUT2D eigenvalue weighted by atomic mass is 10.1. The molecule has 150 valence electrons. The molecular weight excluding hydrogens is 390 g/mol. The molecule has 7 nitrogen and oxygen atoms in total. The number of pyridine rings is 1. The maximum absolute atomic E-state index is 12.8. The van der Waals surface area contributed by atoms with Gasteiger partial charge in [0.25, 0.3) is 5.91 Å². The molecule has 8 heteroatoms. The molecule has 0 bridgehead atoms. The van der Waals surface area contributed by atoms with Crippen molar-refractivity contribution >= 4 is 27.3 Å². The lowest BCUT2D eigenvalue weighted by Gasteiger charge is -2.21. The molecule has 0 radical (unpaired) electrons. The number of ether oxygens (including phenoxy) is 1. The van der Waals surface area contributed by atoms with Crippen molar-refractivity contribution in [3.8, 4) is 16.9 Å². The van der Waals surface area contributed by atoms with Gasteiger partial charge in [-0.05, 0) is 42.0 Å². The van der Waals surface area contributed by atoms with Crippen LogP contribution in [0.4, 0.5) is 11.4 Å². The fraction of sp³-hybridized carbons (Fsp3) is 0.143. The summed E-state index contributed by atoms with van der Waals surface area (Å²) in [5.74, 6) is 0.172. The van der Waals surface area contributed by atoms with Crippen LogP contribution in [0.3, 0.4) is 0 Å². The number of methoxy groups -OCH3 is 1. The van der Waals surface area contributed by atoms with Gasteiger partial charge in [-0.25, -0.2) is 8.42 Å². The summed E-state index contributed by atoms with van der Waals surface area (Å²) in [5.41, 5.74) is 2.76. The van der Waals surface area contributed by atoms with Crippen molar-refractivity contribution in [3.63, 3.8) is 0 Å². The first-order valence-electron chi connectivity index (χ1n) is 8.73. The third kappa shape index (κ3) is 4.72. The van der Waals surface area contributed by atoms with Gasteiger partial charge in [-0.2, -0.15) is 0 Å². The summed E-state index contributed by atoms with van der Waals surface area (Å²) in [6, 6.07) is 15.6. The van der Waals surface area contributed by atoms with Crippen LogP contribution in [0.25, 0.3) is 11.1 Å². The number of sulfonamides is 1. The number of rotatable bonds is 6. The number of amides is 1. The summed E-state index contributed by atoms with van der Waals surface area (Å²) in [6.45, 7) is 0. The van der Waals surface area contributed by atoms with Gasteiger partial charge >= 0.3 is 0 Å². The van der Waals surface area contributed by atoms with Crippen LogP contribution in [0, 0.1) is 0 Å². The van der Waals surface area contributed by atoms with E-state index < -0.39 is 10.0 Å². The van der Waals surface area contributed by atoms with Gasteiger partial charge in [0.1, 0.15) is 5.75 Å². The van der Waals surface area contributed by atoms with Crippen LogP contribution in [0.5, 0.6) is 5.75 Å². The Bertz CT molecular complexity index is 1130. The van der Waals surface area contributed by atoms with Gasteiger partial charge in [0.15, 0.2) is 0 Å². The normalized spacial score (nSPS) is 11.0. The topological polar surface area (TPSA) is 88.6 Å². The summed E-state index contributed by atoms with van der Waals surface area (Å²) in [7, 11) is -0.556. The second-order valence-corrected chi connectivity index (χ2v) is 8.40. The molecule has 1 aromatic heterocycles. The van der Waals surface area contributed by atoms with Crippen LogP contribution in [0.15, 0.2) is 67.0 Å². The Balaban J connectivity index is 2.04.